The molecular formula is C15H13Cl2N3OS. The van der Waals surface area contributed by atoms with Gasteiger partial charge in [-0.3, -0.25) is 4.98 Å². The molecule has 1 N–H and O–H groups in total. The summed E-state index contributed by atoms with van der Waals surface area (Å²) in [6.45, 7) is 0.675. The van der Waals surface area contributed by atoms with Gasteiger partial charge in [-0.2, -0.15) is 0 Å². The van der Waals surface area contributed by atoms with E-state index in [4.69, 9.17) is 23.2 Å². The molecule has 0 radical (unpaired) electrons. The number of rotatable bonds is 2. The molecule has 7 heteroatoms. The van der Waals surface area contributed by atoms with Gasteiger partial charge in [0.15, 0.2) is 0 Å². The molecule has 2 aromatic rings. The molecule has 22 heavy (non-hydrogen) atoms. The molecule has 1 aliphatic heterocycles. The SMILES string of the molecule is O=C(Nc1cccc(Cl)c1Cl)N1CCSC1c1cccnc1. The van der Waals surface area contributed by atoms with E-state index in [9.17, 15) is 4.79 Å². The quantitative estimate of drug-likeness (QED) is 0.853. The Morgan fingerprint density at radius 1 is 1.32 bits per heavy atom. The Kier molecular flexibility index (Phi) is 4.76. The molecule has 1 aromatic heterocycles. The predicted octanol–water partition coefficient (Wildman–Crippen LogP) is 4.67. The third-order valence-corrected chi connectivity index (χ3v) is 5.39. The number of halogens is 2. The van der Waals surface area contributed by atoms with Crippen molar-refractivity contribution in [3.8, 4) is 0 Å². The number of nitrogens with one attached hydrogen (secondary N) is 1. The molecule has 2 heterocycles. The lowest BCUT2D eigenvalue weighted by atomic mass is 10.2. The zero-order valence-corrected chi connectivity index (χ0v) is 13.8. The first-order valence-corrected chi connectivity index (χ1v) is 8.50. The molecule has 0 saturated carbocycles. The first-order valence-electron chi connectivity index (χ1n) is 6.70. The van der Waals surface area contributed by atoms with Crippen molar-refractivity contribution in [2.45, 2.75) is 5.37 Å². The van der Waals surface area contributed by atoms with Crippen LogP contribution in [0.5, 0.6) is 0 Å². The van der Waals surface area contributed by atoms with Gasteiger partial charge < -0.3 is 10.2 Å². The fourth-order valence-electron chi connectivity index (χ4n) is 2.26. The number of hydrogen-bond acceptors (Lipinski definition) is 3. The van der Waals surface area contributed by atoms with Crippen LogP contribution in [0.4, 0.5) is 10.5 Å². The molecule has 1 unspecified atom stereocenters. The number of pyridine rings is 1. The standard InChI is InChI=1S/C15H13Cl2N3OS/c16-11-4-1-5-12(13(11)17)19-15(21)20-7-8-22-14(20)10-3-2-6-18-9-10/h1-6,9,14H,7-8H2,(H,19,21). The summed E-state index contributed by atoms with van der Waals surface area (Å²) in [6.07, 6.45) is 3.51. The second kappa shape index (κ2) is 6.77. The summed E-state index contributed by atoms with van der Waals surface area (Å²) >= 11 is 13.8. The van der Waals surface area contributed by atoms with Crippen molar-refractivity contribution in [3.05, 3.63) is 58.3 Å². The van der Waals surface area contributed by atoms with E-state index in [0.717, 1.165) is 11.3 Å². The summed E-state index contributed by atoms with van der Waals surface area (Å²) in [6, 6.07) is 8.82. The fraction of sp³-hybridized carbons (Fsp3) is 0.200. The van der Waals surface area contributed by atoms with Crippen LogP contribution in [0.2, 0.25) is 10.0 Å². The van der Waals surface area contributed by atoms with Crippen LogP contribution in [-0.2, 0) is 0 Å². The van der Waals surface area contributed by atoms with Crippen LogP contribution in [-0.4, -0.2) is 28.2 Å². The van der Waals surface area contributed by atoms with Gasteiger partial charge in [0.05, 0.1) is 15.7 Å². The largest absolute Gasteiger partial charge is 0.323 e. The van der Waals surface area contributed by atoms with Crippen molar-refractivity contribution in [2.24, 2.45) is 0 Å². The minimum atomic E-state index is -0.192. The van der Waals surface area contributed by atoms with Crippen molar-refractivity contribution in [1.82, 2.24) is 9.88 Å². The van der Waals surface area contributed by atoms with Gasteiger partial charge in [0, 0.05) is 30.3 Å². The van der Waals surface area contributed by atoms with E-state index in [2.05, 4.69) is 10.3 Å². The van der Waals surface area contributed by atoms with Crippen molar-refractivity contribution in [1.29, 1.82) is 0 Å². The maximum atomic E-state index is 12.5. The van der Waals surface area contributed by atoms with Gasteiger partial charge in [0.2, 0.25) is 0 Å². The minimum absolute atomic E-state index is 0.0355. The van der Waals surface area contributed by atoms with Crippen molar-refractivity contribution >= 4 is 46.7 Å². The molecule has 114 valence electrons. The van der Waals surface area contributed by atoms with Gasteiger partial charge in [0.1, 0.15) is 5.37 Å². The second-order valence-electron chi connectivity index (χ2n) is 4.73. The maximum Gasteiger partial charge on any atom is 0.323 e. The average molecular weight is 354 g/mol. The smallest absolute Gasteiger partial charge is 0.308 e. The Morgan fingerprint density at radius 2 is 2.18 bits per heavy atom. The zero-order chi connectivity index (χ0) is 15.5. The lowest BCUT2D eigenvalue weighted by Crippen LogP contribution is -2.34. The summed E-state index contributed by atoms with van der Waals surface area (Å²) in [5.74, 6) is 0.885. The number of anilines is 1. The number of benzene rings is 1. The highest BCUT2D eigenvalue weighted by molar-refractivity contribution is 7.99. The topological polar surface area (TPSA) is 45.2 Å². The van der Waals surface area contributed by atoms with E-state index in [1.165, 1.54) is 0 Å². The lowest BCUT2D eigenvalue weighted by Gasteiger charge is -2.24. The number of nitrogens with zero attached hydrogens (tertiary/aromatic N) is 2. The van der Waals surface area contributed by atoms with Crippen LogP contribution < -0.4 is 5.32 Å². The summed E-state index contributed by atoms with van der Waals surface area (Å²) < 4.78 is 0. The van der Waals surface area contributed by atoms with Crippen LogP contribution in [0.15, 0.2) is 42.7 Å². The van der Waals surface area contributed by atoms with Crippen molar-refractivity contribution in [2.75, 3.05) is 17.6 Å². The summed E-state index contributed by atoms with van der Waals surface area (Å²) in [5.41, 5.74) is 1.53. The Balaban J connectivity index is 1.78. The van der Waals surface area contributed by atoms with Gasteiger partial charge in [-0.1, -0.05) is 35.3 Å². The van der Waals surface area contributed by atoms with Crippen LogP contribution >= 0.6 is 35.0 Å². The third-order valence-electron chi connectivity index (χ3n) is 3.31. The molecule has 4 nitrogen and oxygen atoms in total. The average Bonchev–Trinajstić information content (AvgIpc) is 3.02. The number of carbonyl (C=O) groups excluding carboxylic acids is 1. The van der Waals surface area contributed by atoms with Crippen molar-refractivity contribution in [3.63, 3.8) is 0 Å². The monoisotopic (exact) mass is 353 g/mol. The Hall–Kier alpha value is -1.43. The molecule has 1 fully saturated rings. The second-order valence-corrected chi connectivity index (χ2v) is 6.71. The number of amides is 2. The summed E-state index contributed by atoms with van der Waals surface area (Å²) in [7, 11) is 0. The number of aromatic nitrogens is 1. The Morgan fingerprint density at radius 3 is 2.95 bits per heavy atom. The van der Waals surface area contributed by atoms with Crippen LogP contribution in [0, 0.1) is 0 Å². The van der Waals surface area contributed by atoms with Gasteiger partial charge in [-0.15, -0.1) is 11.8 Å². The van der Waals surface area contributed by atoms with Gasteiger partial charge in [-0.25, -0.2) is 4.79 Å². The number of hydrogen-bond donors (Lipinski definition) is 1. The highest BCUT2D eigenvalue weighted by atomic mass is 35.5. The summed E-state index contributed by atoms with van der Waals surface area (Å²) in [4.78, 5) is 18.4. The molecule has 1 atom stereocenters. The van der Waals surface area contributed by atoms with Gasteiger partial charge in [-0.05, 0) is 18.2 Å². The van der Waals surface area contributed by atoms with E-state index in [0.29, 0.717) is 22.3 Å². The normalized spacial score (nSPS) is 17.5. The molecule has 0 aliphatic carbocycles. The first kappa shape index (κ1) is 15.5. The molecule has 1 saturated heterocycles. The predicted molar refractivity (Wildman–Crippen MR) is 91.6 cm³/mol. The van der Waals surface area contributed by atoms with Crippen LogP contribution in [0.25, 0.3) is 0 Å². The molecular weight excluding hydrogens is 341 g/mol. The van der Waals surface area contributed by atoms with E-state index in [1.807, 2.05) is 12.1 Å². The van der Waals surface area contributed by atoms with Crippen LogP contribution in [0.1, 0.15) is 10.9 Å². The number of thioether (sulfide) groups is 1. The van der Waals surface area contributed by atoms with Crippen LogP contribution in [0.3, 0.4) is 0 Å². The number of carbonyl (C=O) groups is 1. The lowest BCUT2D eigenvalue weighted by molar-refractivity contribution is 0.214. The van der Waals surface area contributed by atoms with E-state index in [-0.39, 0.29) is 11.4 Å². The molecule has 1 aromatic carbocycles. The molecule has 0 spiro atoms. The molecule has 0 bridgehead atoms. The van der Waals surface area contributed by atoms with E-state index >= 15 is 0 Å². The summed E-state index contributed by atoms with van der Waals surface area (Å²) in [5, 5.41) is 3.56. The first-order chi connectivity index (χ1) is 10.7. The van der Waals surface area contributed by atoms with Gasteiger partial charge >= 0.3 is 6.03 Å². The highest BCUT2D eigenvalue weighted by Crippen LogP contribution is 2.38. The van der Waals surface area contributed by atoms with Crippen molar-refractivity contribution < 1.29 is 4.79 Å². The molecule has 2 amide bonds. The highest BCUT2D eigenvalue weighted by Gasteiger charge is 2.31. The number of urea groups is 1. The Bertz CT molecular complexity index is 684. The Labute approximate surface area is 142 Å². The zero-order valence-electron chi connectivity index (χ0n) is 11.5. The fourth-order valence-corrected chi connectivity index (χ4v) is 3.85. The van der Waals surface area contributed by atoms with Gasteiger partial charge in [0.25, 0.3) is 0 Å². The molecule has 3 rings (SSSR count). The molecule has 1 aliphatic rings. The van der Waals surface area contributed by atoms with E-state index < -0.39 is 0 Å². The van der Waals surface area contributed by atoms with E-state index in [1.54, 1.807) is 47.3 Å². The maximum absolute atomic E-state index is 12.5. The third kappa shape index (κ3) is 3.16. The minimum Gasteiger partial charge on any atom is -0.308 e.